The highest BCUT2D eigenvalue weighted by atomic mass is 32.2. The molecule has 0 atom stereocenters. The number of halogens is 2. The fraction of sp³-hybridized carbons (Fsp3) is 0.353. The number of anilines is 1. The van der Waals surface area contributed by atoms with Gasteiger partial charge in [0, 0.05) is 26.3 Å². The number of furan rings is 1. The van der Waals surface area contributed by atoms with Gasteiger partial charge < -0.3 is 9.32 Å². The lowest BCUT2D eigenvalue weighted by atomic mass is 10.2. The van der Waals surface area contributed by atoms with Gasteiger partial charge in [-0.3, -0.25) is 4.79 Å². The Bertz CT molecular complexity index is 958. The van der Waals surface area contributed by atoms with Gasteiger partial charge in [-0.15, -0.1) is 0 Å². The number of hydrogen-bond donors (Lipinski definition) is 0. The minimum absolute atomic E-state index is 0.0205. The van der Waals surface area contributed by atoms with Crippen LogP contribution >= 0.6 is 11.8 Å². The van der Waals surface area contributed by atoms with Gasteiger partial charge in [0.25, 0.3) is 11.7 Å². The molecule has 27 heavy (non-hydrogen) atoms. The van der Waals surface area contributed by atoms with Gasteiger partial charge in [-0.25, -0.2) is 12.7 Å². The summed E-state index contributed by atoms with van der Waals surface area (Å²) in [5.74, 6) is -2.54. The van der Waals surface area contributed by atoms with Crippen LogP contribution in [0.5, 0.6) is 0 Å². The Morgan fingerprint density at radius 2 is 2.04 bits per heavy atom. The summed E-state index contributed by atoms with van der Waals surface area (Å²) < 4.78 is 55.6. The van der Waals surface area contributed by atoms with Crippen LogP contribution in [0.3, 0.4) is 0 Å². The Morgan fingerprint density at radius 1 is 1.30 bits per heavy atom. The monoisotopic (exact) mass is 416 g/mol. The average Bonchev–Trinajstić information content (AvgIpc) is 3.25. The van der Waals surface area contributed by atoms with Gasteiger partial charge in [0.15, 0.2) is 5.76 Å². The molecule has 1 aromatic heterocycles. The summed E-state index contributed by atoms with van der Waals surface area (Å²) in [6.07, 6.45) is 0.520. The third-order valence-corrected chi connectivity index (χ3v) is 6.71. The minimum atomic E-state index is -3.55. The summed E-state index contributed by atoms with van der Waals surface area (Å²) >= 11 is 0.424. The summed E-state index contributed by atoms with van der Waals surface area (Å²) in [5, 5.41) is 0. The lowest BCUT2D eigenvalue weighted by Crippen LogP contribution is -2.28. The summed E-state index contributed by atoms with van der Waals surface area (Å²) in [5.41, 5.74) is 1.38. The Labute approximate surface area is 160 Å². The highest BCUT2D eigenvalue weighted by Gasteiger charge is 2.29. The summed E-state index contributed by atoms with van der Waals surface area (Å²) in [4.78, 5) is 14.4. The number of fused-ring (bicyclic) bond motifs is 1. The quantitative estimate of drug-likeness (QED) is 0.723. The Morgan fingerprint density at radius 3 is 2.70 bits per heavy atom. The smallest absolute Gasteiger partial charge is 0.293 e. The lowest BCUT2D eigenvalue weighted by Gasteiger charge is -2.17. The van der Waals surface area contributed by atoms with Crippen molar-refractivity contribution in [1.82, 2.24) is 4.31 Å². The van der Waals surface area contributed by atoms with Crippen molar-refractivity contribution in [3.05, 3.63) is 47.4 Å². The van der Waals surface area contributed by atoms with Gasteiger partial charge in [0.05, 0.1) is 10.6 Å². The molecule has 1 aromatic carbocycles. The van der Waals surface area contributed by atoms with E-state index in [1.807, 2.05) is 0 Å². The van der Waals surface area contributed by atoms with E-state index in [9.17, 15) is 22.0 Å². The molecule has 0 aliphatic carbocycles. The van der Waals surface area contributed by atoms with Crippen LogP contribution in [0.1, 0.15) is 21.9 Å². The van der Waals surface area contributed by atoms with Crippen LogP contribution in [0.15, 0.2) is 39.6 Å². The third kappa shape index (κ3) is 4.02. The number of thioether (sulfide) groups is 1. The summed E-state index contributed by atoms with van der Waals surface area (Å²) in [6.45, 7) is 0.390. The molecule has 6 nitrogen and oxygen atoms in total. The average molecular weight is 416 g/mol. The van der Waals surface area contributed by atoms with Gasteiger partial charge >= 0.3 is 0 Å². The number of alkyl halides is 2. The summed E-state index contributed by atoms with van der Waals surface area (Å²) in [6, 6.07) is 7.61. The maximum absolute atomic E-state index is 12.7. The fourth-order valence-electron chi connectivity index (χ4n) is 2.81. The number of benzene rings is 1. The second kappa shape index (κ2) is 7.61. The van der Waals surface area contributed by atoms with Crippen molar-refractivity contribution in [2.24, 2.45) is 0 Å². The second-order valence-electron chi connectivity index (χ2n) is 6.12. The second-order valence-corrected chi connectivity index (χ2v) is 9.25. The van der Waals surface area contributed by atoms with Crippen molar-refractivity contribution in [1.29, 1.82) is 0 Å². The Hall–Kier alpha value is -1.91. The zero-order valence-corrected chi connectivity index (χ0v) is 16.3. The topological polar surface area (TPSA) is 70.8 Å². The first-order valence-electron chi connectivity index (χ1n) is 8.06. The van der Waals surface area contributed by atoms with Gasteiger partial charge in [0.2, 0.25) is 10.0 Å². The molecule has 1 aliphatic heterocycles. The van der Waals surface area contributed by atoms with Gasteiger partial charge in [-0.1, -0.05) is 11.8 Å². The number of nitrogens with zero attached hydrogens (tertiary/aromatic N) is 2. The molecule has 1 aliphatic rings. The zero-order chi connectivity index (χ0) is 19.8. The molecule has 2 heterocycles. The largest absolute Gasteiger partial charge is 0.455 e. The Kier molecular flexibility index (Phi) is 5.59. The standard InChI is InChI=1S/C17H18F2N2O4S2/c1-20(2)27(23,24)13-4-5-14-11(9-13)7-8-21(14)16(22)15-6-3-12(25-15)10-26-17(18)19/h3-6,9,17H,7-8,10H2,1-2H3. The van der Waals surface area contributed by atoms with Crippen molar-refractivity contribution < 1.29 is 26.4 Å². The van der Waals surface area contributed by atoms with Crippen LogP contribution in [0.4, 0.5) is 14.5 Å². The maximum atomic E-state index is 12.7. The van der Waals surface area contributed by atoms with Crippen LogP contribution in [-0.4, -0.2) is 45.0 Å². The predicted octanol–water partition coefficient (Wildman–Crippen LogP) is 3.19. The highest BCUT2D eigenvalue weighted by Crippen LogP contribution is 2.32. The molecule has 0 spiro atoms. The highest BCUT2D eigenvalue weighted by molar-refractivity contribution is 7.98. The molecular weight excluding hydrogens is 398 g/mol. The van der Waals surface area contributed by atoms with Crippen molar-refractivity contribution in [2.45, 2.75) is 22.8 Å². The van der Waals surface area contributed by atoms with Gasteiger partial charge in [-0.05, 0) is 42.3 Å². The number of amides is 1. The molecule has 146 valence electrons. The SMILES string of the molecule is CN(C)S(=O)(=O)c1ccc2c(c1)CCN2C(=O)c1ccc(CSC(F)F)o1. The van der Waals surface area contributed by atoms with E-state index in [4.69, 9.17) is 4.42 Å². The van der Waals surface area contributed by atoms with E-state index in [0.717, 1.165) is 9.87 Å². The van der Waals surface area contributed by atoms with E-state index < -0.39 is 15.8 Å². The molecule has 2 aromatic rings. The van der Waals surface area contributed by atoms with Crippen LogP contribution in [0.25, 0.3) is 0 Å². The maximum Gasteiger partial charge on any atom is 0.293 e. The van der Waals surface area contributed by atoms with E-state index in [1.54, 1.807) is 12.1 Å². The number of sulfonamides is 1. The fourth-order valence-corrected chi connectivity index (χ4v) is 4.21. The van der Waals surface area contributed by atoms with Crippen LogP contribution in [0.2, 0.25) is 0 Å². The van der Waals surface area contributed by atoms with Crippen molar-refractivity contribution in [2.75, 3.05) is 25.5 Å². The first-order chi connectivity index (χ1) is 12.7. The molecule has 1 amide bonds. The molecule has 0 radical (unpaired) electrons. The molecule has 0 saturated carbocycles. The summed E-state index contributed by atoms with van der Waals surface area (Å²) in [7, 11) is -0.636. The van der Waals surface area contributed by atoms with Gasteiger partial charge in [0.1, 0.15) is 5.76 Å². The first-order valence-corrected chi connectivity index (χ1v) is 10.5. The zero-order valence-electron chi connectivity index (χ0n) is 14.7. The third-order valence-electron chi connectivity index (χ3n) is 4.19. The molecule has 3 rings (SSSR count). The van der Waals surface area contributed by atoms with E-state index in [-0.39, 0.29) is 22.3 Å². The molecule has 0 N–H and O–H groups in total. The number of rotatable bonds is 6. The van der Waals surface area contributed by atoms with Crippen molar-refractivity contribution in [3.63, 3.8) is 0 Å². The van der Waals surface area contributed by atoms with E-state index >= 15 is 0 Å². The predicted molar refractivity (Wildman–Crippen MR) is 98.7 cm³/mol. The van der Waals surface area contributed by atoms with Crippen LogP contribution in [0, 0.1) is 0 Å². The van der Waals surface area contributed by atoms with Gasteiger partial charge in [-0.2, -0.15) is 8.78 Å². The normalized spacial score (nSPS) is 14.2. The van der Waals surface area contributed by atoms with Crippen LogP contribution < -0.4 is 4.90 Å². The molecule has 0 unspecified atom stereocenters. The molecule has 0 bridgehead atoms. The molecule has 0 fully saturated rings. The van der Waals surface area contributed by atoms with E-state index in [0.29, 0.717) is 36.2 Å². The molecule has 10 heteroatoms. The first kappa shape index (κ1) is 19.8. The lowest BCUT2D eigenvalue weighted by molar-refractivity contribution is 0.0961. The molecule has 0 saturated heterocycles. The van der Waals surface area contributed by atoms with Crippen molar-refractivity contribution >= 4 is 33.4 Å². The molecular formula is C17H18F2N2O4S2. The van der Waals surface area contributed by atoms with Crippen LogP contribution in [-0.2, 0) is 22.2 Å². The number of carbonyl (C=O) groups excluding carboxylic acids is 1. The Balaban J connectivity index is 1.80. The van der Waals surface area contributed by atoms with E-state index in [2.05, 4.69) is 0 Å². The minimum Gasteiger partial charge on any atom is -0.455 e. The van der Waals surface area contributed by atoms with E-state index in [1.165, 1.54) is 37.2 Å². The van der Waals surface area contributed by atoms with Crippen molar-refractivity contribution in [3.8, 4) is 0 Å². The number of hydrogen-bond acceptors (Lipinski definition) is 5. The number of carbonyl (C=O) groups is 1.